The van der Waals surface area contributed by atoms with E-state index in [1.165, 1.54) is 12.3 Å². The summed E-state index contributed by atoms with van der Waals surface area (Å²) < 4.78 is 18.8. The third-order valence-electron chi connectivity index (χ3n) is 2.60. The number of anilines is 2. The van der Waals surface area contributed by atoms with Crippen LogP contribution in [0.4, 0.5) is 15.8 Å². The number of benzene rings is 1. The molecule has 1 aromatic heterocycles. The molecule has 104 valence electrons. The van der Waals surface area contributed by atoms with Gasteiger partial charge in [0.2, 0.25) is 0 Å². The summed E-state index contributed by atoms with van der Waals surface area (Å²) in [6.45, 7) is 2.16. The van der Waals surface area contributed by atoms with Gasteiger partial charge in [-0.3, -0.25) is 9.78 Å². The topological polar surface area (TPSA) is 77.2 Å². The number of carbonyl (C=O) groups excluding carboxylic acids is 1. The van der Waals surface area contributed by atoms with Crippen LogP contribution in [0.15, 0.2) is 36.7 Å². The molecule has 0 aliphatic rings. The molecule has 0 saturated carbocycles. The van der Waals surface area contributed by atoms with Gasteiger partial charge in [-0.1, -0.05) is 6.07 Å². The summed E-state index contributed by atoms with van der Waals surface area (Å²) in [7, 11) is 0. The highest BCUT2D eigenvalue weighted by molar-refractivity contribution is 6.07. The second kappa shape index (κ2) is 6.01. The number of hydrogen-bond acceptors (Lipinski definition) is 4. The molecule has 3 N–H and O–H groups in total. The van der Waals surface area contributed by atoms with E-state index in [4.69, 9.17) is 10.5 Å². The third kappa shape index (κ3) is 2.85. The predicted octanol–water partition coefficient (Wildman–Crippen LogP) is 2.45. The molecule has 0 fully saturated rings. The molecule has 0 saturated heterocycles. The molecule has 6 heteroatoms. The number of nitrogens with two attached hydrogens (primary N) is 1. The maximum atomic E-state index is 13.5. The Kier molecular flexibility index (Phi) is 4.14. The van der Waals surface area contributed by atoms with Crippen molar-refractivity contribution in [1.29, 1.82) is 0 Å². The molecule has 2 aromatic rings. The summed E-state index contributed by atoms with van der Waals surface area (Å²) in [5, 5.41) is 2.46. The molecule has 0 spiro atoms. The van der Waals surface area contributed by atoms with E-state index in [1.807, 2.05) is 0 Å². The Labute approximate surface area is 115 Å². The van der Waals surface area contributed by atoms with Gasteiger partial charge in [0, 0.05) is 6.20 Å². The van der Waals surface area contributed by atoms with Gasteiger partial charge in [-0.15, -0.1) is 0 Å². The fourth-order valence-corrected chi connectivity index (χ4v) is 1.71. The van der Waals surface area contributed by atoms with Crippen LogP contribution >= 0.6 is 0 Å². The van der Waals surface area contributed by atoms with Gasteiger partial charge in [-0.25, -0.2) is 4.39 Å². The van der Waals surface area contributed by atoms with Gasteiger partial charge in [0.15, 0.2) is 11.6 Å². The summed E-state index contributed by atoms with van der Waals surface area (Å²) in [4.78, 5) is 15.8. The molecule has 1 heterocycles. The summed E-state index contributed by atoms with van der Waals surface area (Å²) in [5.41, 5.74) is 6.44. The second-order valence-electron chi connectivity index (χ2n) is 3.97. The Balaban J connectivity index is 2.30. The summed E-state index contributed by atoms with van der Waals surface area (Å²) in [5.74, 6) is -0.810. The van der Waals surface area contributed by atoms with Crippen LogP contribution in [0.1, 0.15) is 17.3 Å². The van der Waals surface area contributed by atoms with Crippen molar-refractivity contribution in [3.8, 4) is 5.75 Å². The molecule has 0 bridgehead atoms. The lowest BCUT2D eigenvalue weighted by Crippen LogP contribution is -2.15. The fraction of sp³-hybridized carbons (Fsp3) is 0.143. The normalized spacial score (nSPS) is 10.1. The summed E-state index contributed by atoms with van der Waals surface area (Å²) in [6, 6.07) is 6.21. The molecular weight excluding hydrogens is 261 g/mol. The van der Waals surface area contributed by atoms with E-state index in [1.54, 1.807) is 25.1 Å². The van der Waals surface area contributed by atoms with Gasteiger partial charge >= 0.3 is 0 Å². The Morgan fingerprint density at radius 3 is 2.95 bits per heavy atom. The minimum Gasteiger partial charge on any atom is -0.491 e. The first-order valence-electron chi connectivity index (χ1n) is 6.05. The minimum absolute atomic E-state index is 0.0508. The van der Waals surface area contributed by atoms with Crippen LogP contribution in [0.5, 0.6) is 5.75 Å². The molecular formula is C14H14FN3O2. The van der Waals surface area contributed by atoms with Crippen LogP contribution < -0.4 is 15.8 Å². The number of ether oxygens (including phenoxy) is 1. The highest BCUT2D eigenvalue weighted by Crippen LogP contribution is 2.27. The zero-order valence-electron chi connectivity index (χ0n) is 10.9. The van der Waals surface area contributed by atoms with E-state index in [2.05, 4.69) is 10.3 Å². The van der Waals surface area contributed by atoms with Crippen molar-refractivity contribution < 1.29 is 13.9 Å². The zero-order chi connectivity index (χ0) is 14.5. The molecule has 0 unspecified atom stereocenters. The minimum atomic E-state index is -0.609. The monoisotopic (exact) mass is 275 g/mol. The van der Waals surface area contributed by atoms with E-state index in [0.29, 0.717) is 18.0 Å². The molecule has 1 amide bonds. The molecule has 20 heavy (non-hydrogen) atoms. The molecule has 1 aromatic carbocycles. The smallest absolute Gasteiger partial charge is 0.259 e. The van der Waals surface area contributed by atoms with Crippen molar-refractivity contribution in [1.82, 2.24) is 4.98 Å². The number of carbonyl (C=O) groups is 1. The summed E-state index contributed by atoms with van der Waals surface area (Å²) in [6.07, 6.45) is 2.42. The van der Waals surface area contributed by atoms with Crippen LogP contribution in [0.2, 0.25) is 0 Å². The van der Waals surface area contributed by atoms with Crippen LogP contribution in [-0.2, 0) is 0 Å². The average molecular weight is 275 g/mol. The number of rotatable bonds is 4. The van der Waals surface area contributed by atoms with Gasteiger partial charge in [0.1, 0.15) is 0 Å². The molecule has 2 rings (SSSR count). The lowest BCUT2D eigenvalue weighted by Gasteiger charge is -2.12. The number of nitrogen functional groups attached to an aromatic ring is 1. The van der Waals surface area contributed by atoms with Crippen LogP contribution in [0.25, 0.3) is 0 Å². The van der Waals surface area contributed by atoms with Crippen LogP contribution in [-0.4, -0.2) is 17.5 Å². The zero-order valence-corrected chi connectivity index (χ0v) is 10.9. The van der Waals surface area contributed by atoms with Gasteiger partial charge in [0.25, 0.3) is 5.91 Å². The Morgan fingerprint density at radius 1 is 1.45 bits per heavy atom. The molecule has 0 aliphatic carbocycles. The second-order valence-corrected chi connectivity index (χ2v) is 3.97. The van der Waals surface area contributed by atoms with Crippen LogP contribution in [0, 0.1) is 5.82 Å². The van der Waals surface area contributed by atoms with Gasteiger partial charge in [-0.2, -0.15) is 0 Å². The largest absolute Gasteiger partial charge is 0.491 e. The average Bonchev–Trinajstić information content (AvgIpc) is 2.43. The number of hydrogen-bond donors (Lipinski definition) is 2. The van der Waals surface area contributed by atoms with E-state index < -0.39 is 11.7 Å². The van der Waals surface area contributed by atoms with Crippen LogP contribution in [0.3, 0.4) is 0 Å². The highest BCUT2D eigenvalue weighted by Gasteiger charge is 2.16. The quantitative estimate of drug-likeness (QED) is 0.840. The van der Waals surface area contributed by atoms with Gasteiger partial charge < -0.3 is 15.8 Å². The van der Waals surface area contributed by atoms with E-state index in [-0.39, 0.29) is 11.3 Å². The molecule has 5 nitrogen and oxygen atoms in total. The number of aromatic nitrogens is 1. The number of halogens is 1. The third-order valence-corrected chi connectivity index (χ3v) is 2.60. The number of para-hydroxylation sites is 1. The first kappa shape index (κ1) is 13.8. The first-order valence-corrected chi connectivity index (χ1v) is 6.05. The van der Waals surface area contributed by atoms with E-state index >= 15 is 0 Å². The fourth-order valence-electron chi connectivity index (χ4n) is 1.71. The Bertz CT molecular complexity index is 632. The van der Waals surface area contributed by atoms with Crippen molar-refractivity contribution in [2.24, 2.45) is 0 Å². The number of amides is 1. The van der Waals surface area contributed by atoms with Crippen molar-refractivity contribution >= 4 is 17.3 Å². The Hall–Kier alpha value is -2.63. The number of nitrogens with zero attached hydrogens (tertiary/aromatic N) is 1. The van der Waals surface area contributed by atoms with Gasteiger partial charge in [-0.05, 0) is 25.1 Å². The summed E-state index contributed by atoms with van der Waals surface area (Å²) >= 11 is 0. The lowest BCUT2D eigenvalue weighted by molar-refractivity contribution is 0.102. The van der Waals surface area contributed by atoms with Crippen molar-refractivity contribution in [3.63, 3.8) is 0 Å². The number of pyridine rings is 1. The van der Waals surface area contributed by atoms with E-state index in [0.717, 1.165) is 6.20 Å². The van der Waals surface area contributed by atoms with E-state index in [9.17, 15) is 9.18 Å². The molecule has 0 aliphatic heterocycles. The lowest BCUT2D eigenvalue weighted by atomic mass is 10.1. The number of nitrogens with one attached hydrogen (secondary N) is 1. The SMILES string of the molecule is CCOc1c(N)cccc1C(=O)Nc1ccncc1F. The maximum Gasteiger partial charge on any atom is 0.259 e. The van der Waals surface area contributed by atoms with Gasteiger partial charge in [0.05, 0.1) is 29.7 Å². The highest BCUT2D eigenvalue weighted by atomic mass is 19.1. The van der Waals surface area contributed by atoms with Crippen molar-refractivity contribution in [3.05, 3.63) is 48.0 Å². The molecule has 0 atom stereocenters. The Morgan fingerprint density at radius 2 is 2.25 bits per heavy atom. The predicted molar refractivity (Wildman–Crippen MR) is 74.2 cm³/mol. The van der Waals surface area contributed by atoms with Crippen molar-refractivity contribution in [2.45, 2.75) is 6.92 Å². The standard InChI is InChI=1S/C14H14FN3O2/c1-2-20-13-9(4-3-5-11(13)16)14(19)18-12-6-7-17-8-10(12)15/h3-8H,2,16H2,1H3,(H,17,18,19). The first-order chi connectivity index (χ1) is 9.63. The maximum absolute atomic E-state index is 13.5. The van der Waals surface area contributed by atoms with Crippen molar-refractivity contribution in [2.75, 3.05) is 17.7 Å². The molecule has 0 radical (unpaired) electrons.